The third kappa shape index (κ3) is 3.21. The summed E-state index contributed by atoms with van der Waals surface area (Å²) < 4.78 is 24.6. The van der Waals surface area contributed by atoms with Crippen LogP contribution in [0.1, 0.15) is 49.6 Å². The molecule has 9 heteroatoms. The Morgan fingerprint density at radius 2 is 2.21 bits per heavy atom. The molecule has 5 heterocycles. The van der Waals surface area contributed by atoms with Gasteiger partial charge in [0.05, 0.1) is 43.7 Å². The Balaban J connectivity index is 1.19. The summed E-state index contributed by atoms with van der Waals surface area (Å²) in [4.78, 5) is 16.8. The van der Waals surface area contributed by atoms with Crippen LogP contribution < -0.4 is 4.74 Å². The van der Waals surface area contributed by atoms with E-state index in [-0.39, 0.29) is 17.6 Å². The number of pyridine rings is 1. The molecule has 3 aliphatic heterocycles. The molecule has 0 N–H and O–H groups in total. The molecule has 1 atom stereocenters. The lowest BCUT2D eigenvalue weighted by molar-refractivity contribution is -0.170. The highest BCUT2D eigenvalue weighted by atomic mass is 16.6. The van der Waals surface area contributed by atoms with Gasteiger partial charge in [-0.15, -0.1) is 5.10 Å². The first kappa shape index (κ1) is 20.6. The van der Waals surface area contributed by atoms with Crippen molar-refractivity contribution in [2.75, 3.05) is 19.8 Å². The summed E-state index contributed by atoms with van der Waals surface area (Å²) in [6, 6.07) is 5.98. The van der Waals surface area contributed by atoms with E-state index in [0.717, 1.165) is 40.9 Å². The van der Waals surface area contributed by atoms with E-state index in [9.17, 15) is 4.79 Å². The van der Waals surface area contributed by atoms with Gasteiger partial charge in [0.1, 0.15) is 17.5 Å². The Morgan fingerprint density at radius 3 is 3.06 bits per heavy atom. The van der Waals surface area contributed by atoms with Gasteiger partial charge in [0.15, 0.2) is 5.60 Å². The van der Waals surface area contributed by atoms with Crippen molar-refractivity contribution in [2.24, 2.45) is 0 Å². The molecule has 172 valence electrons. The highest BCUT2D eigenvalue weighted by molar-refractivity contribution is 5.84. The van der Waals surface area contributed by atoms with E-state index >= 15 is 0 Å². The Labute approximate surface area is 191 Å². The lowest BCUT2D eigenvalue weighted by Crippen LogP contribution is -2.55. The first-order valence-electron chi connectivity index (χ1n) is 11.4. The maximum Gasteiger partial charge on any atom is 0.338 e. The Morgan fingerprint density at radius 1 is 1.33 bits per heavy atom. The molecule has 0 spiro atoms. The average Bonchev–Trinajstić information content (AvgIpc) is 3.53. The van der Waals surface area contributed by atoms with Gasteiger partial charge in [-0.25, -0.2) is 9.48 Å². The number of hydrogen-bond acceptors (Lipinski definition) is 8. The van der Waals surface area contributed by atoms with Gasteiger partial charge in [0.2, 0.25) is 0 Å². The second kappa shape index (κ2) is 7.50. The number of fused-ring (bicyclic) bond motifs is 4. The van der Waals surface area contributed by atoms with Gasteiger partial charge in [-0.3, -0.25) is 4.98 Å². The van der Waals surface area contributed by atoms with Gasteiger partial charge >= 0.3 is 5.97 Å². The van der Waals surface area contributed by atoms with Crippen molar-refractivity contribution >= 4 is 16.9 Å². The molecular weight excluding hydrogens is 424 g/mol. The average molecular weight is 450 g/mol. The fourth-order valence-corrected chi connectivity index (χ4v) is 5.26. The van der Waals surface area contributed by atoms with Gasteiger partial charge in [0, 0.05) is 24.4 Å². The SMILES string of the molecule is CCOC(=O)C12CC(n3cc(C(C)Oc4ccc5ncc6c(c5c4)CCOC6)nn3)(CO1)C2. The zero-order chi connectivity index (χ0) is 22.6. The molecule has 2 saturated heterocycles. The molecular formula is C24H26N4O5. The third-order valence-corrected chi connectivity index (χ3v) is 7.01. The van der Waals surface area contributed by atoms with Crippen LogP contribution >= 0.6 is 0 Å². The molecule has 3 aromatic rings. The van der Waals surface area contributed by atoms with Crippen LogP contribution in [-0.2, 0) is 37.6 Å². The van der Waals surface area contributed by atoms with Crippen molar-refractivity contribution in [3.8, 4) is 5.75 Å². The number of hydrogen-bond donors (Lipinski definition) is 0. The van der Waals surface area contributed by atoms with Gasteiger partial charge in [-0.2, -0.15) is 0 Å². The first-order chi connectivity index (χ1) is 16.0. The minimum atomic E-state index is -0.826. The van der Waals surface area contributed by atoms with Gasteiger partial charge in [-0.1, -0.05) is 5.21 Å². The summed E-state index contributed by atoms with van der Waals surface area (Å²) >= 11 is 0. The number of aromatic nitrogens is 4. The van der Waals surface area contributed by atoms with Crippen LogP contribution in [0.3, 0.4) is 0 Å². The Kier molecular flexibility index (Phi) is 4.67. The molecule has 2 bridgehead atoms. The topological polar surface area (TPSA) is 97.6 Å². The highest BCUT2D eigenvalue weighted by Crippen LogP contribution is 2.56. The molecule has 0 amide bonds. The van der Waals surface area contributed by atoms with E-state index in [0.29, 0.717) is 32.7 Å². The van der Waals surface area contributed by atoms with Gasteiger partial charge in [0.25, 0.3) is 0 Å². The Bertz CT molecular complexity index is 1230. The summed E-state index contributed by atoms with van der Waals surface area (Å²) in [6.45, 7) is 5.86. The van der Waals surface area contributed by atoms with Crippen LogP contribution in [0.15, 0.2) is 30.6 Å². The number of carbonyl (C=O) groups excluding carboxylic acids is 1. The predicted molar refractivity (Wildman–Crippen MR) is 117 cm³/mol. The fourth-order valence-electron chi connectivity index (χ4n) is 5.26. The second-order valence-electron chi connectivity index (χ2n) is 9.17. The van der Waals surface area contributed by atoms with Crippen molar-refractivity contribution in [3.63, 3.8) is 0 Å². The lowest BCUT2D eigenvalue weighted by Gasteiger charge is -2.41. The normalized spacial score (nSPS) is 26.5. The summed E-state index contributed by atoms with van der Waals surface area (Å²) in [7, 11) is 0. The lowest BCUT2D eigenvalue weighted by atomic mass is 9.68. The molecule has 1 saturated carbocycles. The molecule has 0 radical (unpaired) electrons. The quantitative estimate of drug-likeness (QED) is 0.529. The number of benzene rings is 1. The van der Waals surface area contributed by atoms with E-state index in [1.807, 2.05) is 36.1 Å². The minimum absolute atomic E-state index is 0.283. The molecule has 4 aliphatic rings. The maximum atomic E-state index is 12.3. The molecule has 2 aromatic heterocycles. The standard InChI is InChI=1S/C24H26N4O5/c1-3-31-22(29)24-12-23(13-24,14-32-24)28-10-21(26-27-28)15(2)33-17-4-5-20-19(8-17)18-6-7-30-11-16(18)9-25-20/h4-5,8-10,15H,3,6-7,11-14H2,1-2H3. The van der Waals surface area contributed by atoms with Crippen molar-refractivity contribution in [3.05, 3.63) is 47.4 Å². The molecule has 9 nitrogen and oxygen atoms in total. The second-order valence-corrected chi connectivity index (χ2v) is 9.17. The summed E-state index contributed by atoms with van der Waals surface area (Å²) in [5, 5.41) is 9.80. The fraction of sp³-hybridized carbons (Fsp3) is 0.500. The number of rotatable bonds is 6. The third-order valence-electron chi connectivity index (χ3n) is 7.01. The van der Waals surface area contributed by atoms with Crippen LogP contribution in [0, 0.1) is 0 Å². The van der Waals surface area contributed by atoms with Crippen molar-refractivity contribution < 1.29 is 23.7 Å². The van der Waals surface area contributed by atoms with Crippen molar-refractivity contribution in [1.29, 1.82) is 0 Å². The highest BCUT2D eigenvalue weighted by Gasteiger charge is 2.69. The zero-order valence-corrected chi connectivity index (χ0v) is 18.7. The molecule has 3 fully saturated rings. The molecule has 33 heavy (non-hydrogen) atoms. The summed E-state index contributed by atoms with van der Waals surface area (Å²) in [6.07, 6.45) is 5.50. The van der Waals surface area contributed by atoms with Gasteiger partial charge < -0.3 is 18.9 Å². The van der Waals surface area contributed by atoms with Crippen LogP contribution in [0.5, 0.6) is 5.75 Å². The van der Waals surface area contributed by atoms with Crippen LogP contribution in [0.4, 0.5) is 0 Å². The maximum absolute atomic E-state index is 12.3. The molecule has 1 unspecified atom stereocenters. The number of esters is 1. The monoisotopic (exact) mass is 450 g/mol. The number of carbonyl (C=O) groups is 1. The molecule has 1 aliphatic carbocycles. The summed E-state index contributed by atoms with van der Waals surface area (Å²) in [5.74, 6) is 0.480. The van der Waals surface area contributed by atoms with Crippen LogP contribution in [0.2, 0.25) is 0 Å². The van der Waals surface area contributed by atoms with Crippen LogP contribution in [0.25, 0.3) is 10.9 Å². The molecule has 7 rings (SSSR count). The zero-order valence-electron chi connectivity index (χ0n) is 18.7. The van der Waals surface area contributed by atoms with E-state index in [1.165, 1.54) is 5.56 Å². The van der Waals surface area contributed by atoms with E-state index in [1.54, 1.807) is 6.92 Å². The Hall–Kier alpha value is -3.04. The van der Waals surface area contributed by atoms with Crippen molar-refractivity contribution in [1.82, 2.24) is 20.0 Å². The van der Waals surface area contributed by atoms with Gasteiger partial charge in [-0.05, 0) is 49.6 Å². The smallest absolute Gasteiger partial charge is 0.338 e. The largest absolute Gasteiger partial charge is 0.484 e. The van der Waals surface area contributed by atoms with Crippen LogP contribution in [-0.4, -0.2) is 51.4 Å². The van der Waals surface area contributed by atoms with E-state index in [4.69, 9.17) is 18.9 Å². The van der Waals surface area contributed by atoms with Crippen molar-refractivity contribution in [2.45, 2.75) is 57.0 Å². The molecule has 1 aromatic carbocycles. The predicted octanol–water partition coefficient (Wildman–Crippen LogP) is 2.86. The first-order valence-corrected chi connectivity index (χ1v) is 11.4. The number of nitrogens with zero attached hydrogens (tertiary/aromatic N) is 4. The summed E-state index contributed by atoms with van der Waals surface area (Å²) in [5.41, 5.74) is 2.94. The van der Waals surface area contributed by atoms with E-state index in [2.05, 4.69) is 21.4 Å². The van der Waals surface area contributed by atoms with E-state index < -0.39 is 5.60 Å². The number of ether oxygens (including phenoxy) is 4. The minimum Gasteiger partial charge on any atom is -0.484 e.